The molecule has 1 N–H and O–H groups in total. The molecule has 0 saturated carbocycles. The summed E-state index contributed by atoms with van der Waals surface area (Å²) >= 11 is 0. The molecule has 1 atom stereocenters. The number of piperidine rings is 1. The molecule has 6 nitrogen and oxygen atoms in total. The number of hydrogen-bond acceptors (Lipinski definition) is 4. The average molecular weight is 404 g/mol. The van der Waals surface area contributed by atoms with Crippen molar-refractivity contribution in [2.45, 2.75) is 37.5 Å². The van der Waals surface area contributed by atoms with Crippen molar-refractivity contribution in [2.24, 2.45) is 0 Å². The minimum Gasteiger partial charge on any atom is -0.373 e. The third-order valence-electron chi connectivity index (χ3n) is 4.78. The summed E-state index contributed by atoms with van der Waals surface area (Å²) in [4.78, 5) is 16.6. The predicted molar refractivity (Wildman–Crippen MR) is 86.5 cm³/mol. The third-order valence-corrected chi connectivity index (χ3v) is 4.78. The molecule has 0 aliphatic carbocycles. The molecule has 152 valence electrons. The van der Waals surface area contributed by atoms with Gasteiger partial charge in [-0.1, -0.05) is 0 Å². The van der Waals surface area contributed by atoms with Gasteiger partial charge in [-0.05, 0) is 25.8 Å². The number of aliphatic hydroxyl groups is 1. The van der Waals surface area contributed by atoms with Crippen LogP contribution >= 0.6 is 0 Å². The topological polar surface area (TPSA) is 71.2 Å². The number of rotatable bonds is 3. The van der Waals surface area contributed by atoms with Crippen LogP contribution in [-0.2, 0) is 4.79 Å². The lowest BCUT2D eigenvalue weighted by Crippen LogP contribution is -2.57. The number of halogens is 5. The fraction of sp³-hybridized carbons (Fsp3) is 0.471. The Morgan fingerprint density at radius 3 is 2.46 bits per heavy atom. The monoisotopic (exact) mass is 404 g/mol. The van der Waals surface area contributed by atoms with Gasteiger partial charge in [0.2, 0.25) is 5.60 Å². The maximum atomic E-state index is 13.8. The van der Waals surface area contributed by atoms with Crippen molar-refractivity contribution in [2.75, 3.05) is 13.1 Å². The second-order valence-corrected chi connectivity index (χ2v) is 6.78. The Balaban J connectivity index is 1.68. The van der Waals surface area contributed by atoms with Crippen LogP contribution in [0.25, 0.3) is 5.82 Å². The Labute approximate surface area is 156 Å². The van der Waals surface area contributed by atoms with Gasteiger partial charge in [-0.2, -0.15) is 18.3 Å². The van der Waals surface area contributed by atoms with Crippen LogP contribution in [0.2, 0.25) is 0 Å². The van der Waals surface area contributed by atoms with Crippen LogP contribution in [0.5, 0.6) is 0 Å². The van der Waals surface area contributed by atoms with Crippen molar-refractivity contribution in [1.82, 2.24) is 19.7 Å². The van der Waals surface area contributed by atoms with Crippen LogP contribution in [-0.4, -0.2) is 55.5 Å². The van der Waals surface area contributed by atoms with Crippen molar-refractivity contribution >= 4 is 5.91 Å². The van der Waals surface area contributed by atoms with Gasteiger partial charge in [-0.25, -0.2) is 18.4 Å². The van der Waals surface area contributed by atoms with Gasteiger partial charge in [0.1, 0.15) is 5.82 Å². The van der Waals surface area contributed by atoms with Gasteiger partial charge in [0.25, 0.3) is 5.91 Å². The van der Waals surface area contributed by atoms with Crippen LogP contribution in [0.3, 0.4) is 0 Å². The van der Waals surface area contributed by atoms with Gasteiger partial charge < -0.3 is 10.0 Å². The number of carbonyl (C=O) groups is 1. The van der Waals surface area contributed by atoms with E-state index in [0.29, 0.717) is 31.5 Å². The molecule has 11 heteroatoms. The van der Waals surface area contributed by atoms with Crippen molar-refractivity contribution < 1.29 is 31.9 Å². The van der Waals surface area contributed by atoms with Crippen LogP contribution in [0.4, 0.5) is 22.0 Å². The molecule has 0 radical (unpaired) electrons. The molecular weight excluding hydrogens is 387 g/mol. The molecular formula is C17H17F5N4O2. The highest BCUT2D eigenvalue weighted by atomic mass is 19.4. The molecule has 2 aromatic heterocycles. The number of aromatic nitrogens is 3. The minimum absolute atomic E-state index is 0.0196. The number of carbonyl (C=O) groups excluding carboxylic acids is 1. The maximum absolute atomic E-state index is 13.8. The highest BCUT2D eigenvalue weighted by Gasteiger charge is 2.57. The molecule has 28 heavy (non-hydrogen) atoms. The average Bonchev–Trinajstić information content (AvgIpc) is 3.10. The van der Waals surface area contributed by atoms with Crippen LogP contribution in [0.15, 0.2) is 24.5 Å². The molecule has 2 aromatic rings. The maximum Gasteiger partial charge on any atom is 0.426 e. The Morgan fingerprint density at radius 2 is 1.89 bits per heavy atom. The van der Waals surface area contributed by atoms with E-state index in [2.05, 4.69) is 10.1 Å². The largest absolute Gasteiger partial charge is 0.426 e. The van der Waals surface area contributed by atoms with Gasteiger partial charge in [0, 0.05) is 31.3 Å². The first-order valence-electron chi connectivity index (χ1n) is 8.46. The molecule has 1 amide bonds. The molecule has 1 saturated heterocycles. The van der Waals surface area contributed by atoms with Crippen molar-refractivity contribution in [3.05, 3.63) is 41.9 Å². The van der Waals surface area contributed by atoms with Crippen molar-refractivity contribution in [3.8, 4) is 5.82 Å². The summed E-state index contributed by atoms with van der Waals surface area (Å²) in [6, 6.07) is 2.29. The smallest absolute Gasteiger partial charge is 0.373 e. The van der Waals surface area contributed by atoms with E-state index in [-0.39, 0.29) is 24.8 Å². The summed E-state index contributed by atoms with van der Waals surface area (Å²) in [7, 11) is 0. The Morgan fingerprint density at radius 1 is 1.25 bits per heavy atom. The molecule has 0 aromatic carbocycles. The Kier molecular flexibility index (Phi) is 5.13. The highest BCUT2D eigenvalue weighted by molar-refractivity contribution is 5.85. The van der Waals surface area contributed by atoms with E-state index in [1.165, 1.54) is 6.20 Å². The number of alkyl halides is 3. The summed E-state index contributed by atoms with van der Waals surface area (Å²) in [5.74, 6) is -3.43. The summed E-state index contributed by atoms with van der Waals surface area (Å²) in [5.41, 5.74) is -2.88. The summed E-state index contributed by atoms with van der Waals surface area (Å²) in [6.45, 7) is 0.477. The van der Waals surface area contributed by atoms with E-state index in [4.69, 9.17) is 0 Å². The van der Waals surface area contributed by atoms with E-state index >= 15 is 0 Å². The van der Waals surface area contributed by atoms with E-state index in [1.54, 1.807) is 6.07 Å². The lowest BCUT2D eigenvalue weighted by molar-refractivity contribution is -0.250. The molecule has 0 unspecified atom stereocenters. The molecule has 3 rings (SSSR count). The van der Waals surface area contributed by atoms with Crippen LogP contribution in [0, 0.1) is 11.6 Å². The zero-order valence-corrected chi connectivity index (χ0v) is 14.7. The van der Waals surface area contributed by atoms with E-state index in [0.717, 1.165) is 15.8 Å². The quantitative estimate of drug-likeness (QED) is 0.799. The second-order valence-electron chi connectivity index (χ2n) is 6.78. The van der Waals surface area contributed by atoms with Gasteiger partial charge in [0.05, 0.1) is 11.9 Å². The Hall–Kier alpha value is -2.56. The summed E-state index contributed by atoms with van der Waals surface area (Å²) < 4.78 is 66.4. The fourth-order valence-corrected chi connectivity index (χ4v) is 3.06. The number of amides is 1. The Bertz CT molecular complexity index is 873. The fourth-order valence-electron chi connectivity index (χ4n) is 3.06. The lowest BCUT2D eigenvalue weighted by Gasteiger charge is -2.36. The van der Waals surface area contributed by atoms with E-state index < -0.39 is 29.3 Å². The van der Waals surface area contributed by atoms with Crippen LogP contribution < -0.4 is 0 Å². The zero-order valence-electron chi connectivity index (χ0n) is 14.7. The first-order chi connectivity index (χ1) is 13.0. The normalized spacial score (nSPS) is 18.2. The van der Waals surface area contributed by atoms with Crippen LogP contribution in [0.1, 0.15) is 31.4 Å². The third kappa shape index (κ3) is 3.71. The minimum atomic E-state index is -5.06. The van der Waals surface area contributed by atoms with Gasteiger partial charge in [0.15, 0.2) is 11.6 Å². The van der Waals surface area contributed by atoms with Gasteiger partial charge >= 0.3 is 6.18 Å². The first-order valence-corrected chi connectivity index (χ1v) is 8.46. The van der Waals surface area contributed by atoms with E-state index in [9.17, 15) is 31.9 Å². The number of hydrogen-bond donors (Lipinski definition) is 1. The van der Waals surface area contributed by atoms with Crippen molar-refractivity contribution in [1.29, 1.82) is 0 Å². The second kappa shape index (κ2) is 7.12. The SMILES string of the molecule is C[C@@](O)(C(=O)N1CCC(c2ccn(-c3ncc(F)cc3F)n2)CC1)C(F)(F)F. The summed E-state index contributed by atoms with van der Waals surface area (Å²) in [5, 5.41) is 13.7. The van der Waals surface area contributed by atoms with E-state index in [1.807, 2.05) is 0 Å². The first kappa shape index (κ1) is 20.2. The molecule has 1 aliphatic rings. The van der Waals surface area contributed by atoms with Gasteiger partial charge in [-0.15, -0.1) is 0 Å². The number of nitrogens with zero attached hydrogens (tertiary/aromatic N) is 4. The number of pyridine rings is 1. The van der Waals surface area contributed by atoms with Gasteiger partial charge in [-0.3, -0.25) is 4.79 Å². The molecule has 1 fully saturated rings. The molecule has 0 bridgehead atoms. The predicted octanol–water partition coefficient (Wildman–Crippen LogP) is 2.56. The highest BCUT2D eigenvalue weighted by Crippen LogP contribution is 2.34. The lowest BCUT2D eigenvalue weighted by atomic mass is 9.92. The zero-order chi connectivity index (χ0) is 20.7. The molecule has 1 aliphatic heterocycles. The standard InChI is InChI=1S/C17H17F5N4O2/c1-16(28,17(20,21)22)15(27)25-5-2-10(3-6-25)13-4-7-26(24-13)14-12(19)8-11(18)9-23-14/h4,7-10,28H,2-3,5-6H2,1H3/t16-/m1/s1. The van der Waals surface area contributed by atoms with Crippen molar-refractivity contribution in [3.63, 3.8) is 0 Å². The number of likely N-dealkylation sites (tertiary alicyclic amines) is 1. The summed E-state index contributed by atoms with van der Waals surface area (Å²) in [6.07, 6.45) is -2.10. The molecule has 3 heterocycles. The molecule has 0 spiro atoms.